The zero-order valence-electron chi connectivity index (χ0n) is 17.2. The van der Waals surface area contributed by atoms with Crippen LogP contribution in [0.25, 0.3) is 0 Å². The van der Waals surface area contributed by atoms with E-state index in [4.69, 9.17) is 15.2 Å². The van der Waals surface area contributed by atoms with Crippen LogP contribution in [0.2, 0.25) is 0 Å². The van der Waals surface area contributed by atoms with Crippen molar-refractivity contribution in [3.05, 3.63) is 53.2 Å². The topological polar surface area (TPSA) is 99.7 Å². The SMILES string of the molecule is COc1cnc(C(=O)Cc2ccc(F)c([C@@]3(CF)N=C(N)O[C@@H]4CCCC[C@@H]43)c2)cn1. The Hall–Kier alpha value is -3.10. The number of alkyl halides is 1. The van der Waals surface area contributed by atoms with E-state index in [2.05, 4.69) is 15.0 Å². The molecule has 0 amide bonds. The summed E-state index contributed by atoms with van der Waals surface area (Å²) in [5, 5.41) is 0. The van der Waals surface area contributed by atoms with Crippen molar-refractivity contribution in [2.45, 2.75) is 43.7 Å². The molecule has 1 aromatic heterocycles. The van der Waals surface area contributed by atoms with Crippen molar-refractivity contribution in [2.24, 2.45) is 16.6 Å². The van der Waals surface area contributed by atoms with Crippen LogP contribution in [0.1, 0.15) is 47.3 Å². The number of carbonyl (C=O) groups is 1. The van der Waals surface area contributed by atoms with Crippen molar-refractivity contribution in [3.8, 4) is 5.88 Å². The first kappa shape index (κ1) is 21.1. The Bertz CT molecular complexity index is 999. The normalized spacial score (nSPS) is 25.2. The van der Waals surface area contributed by atoms with Crippen LogP contribution in [-0.4, -0.2) is 41.7 Å². The van der Waals surface area contributed by atoms with Gasteiger partial charge in [0.15, 0.2) is 5.78 Å². The molecule has 1 fully saturated rings. The smallest absolute Gasteiger partial charge is 0.283 e. The molecule has 4 rings (SSSR count). The quantitative estimate of drug-likeness (QED) is 0.707. The van der Waals surface area contributed by atoms with E-state index in [-0.39, 0.29) is 41.5 Å². The third kappa shape index (κ3) is 3.96. The summed E-state index contributed by atoms with van der Waals surface area (Å²) in [6.07, 6.45) is 5.54. The van der Waals surface area contributed by atoms with Crippen molar-refractivity contribution < 1.29 is 23.0 Å². The van der Waals surface area contributed by atoms with E-state index < -0.39 is 18.0 Å². The summed E-state index contributed by atoms with van der Waals surface area (Å²) in [5.41, 5.74) is 5.18. The zero-order chi connectivity index (χ0) is 22.0. The Labute approximate surface area is 178 Å². The number of nitrogens with two attached hydrogens (primary N) is 1. The Morgan fingerprint density at radius 3 is 2.81 bits per heavy atom. The van der Waals surface area contributed by atoms with Crippen LogP contribution in [0.15, 0.2) is 35.6 Å². The second-order valence-corrected chi connectivity index (χ2v) is 7.91. The highest BCUT2D eigenvalue weighted by Gasteiger charge is 2.51. The molecule has 1 saturated carbocycles. The highest BCUT2D eigenvalue weighted by molar-refractivity contribution is 5.95. The van der Waals surface area contributed by atoms with Crippen LogP contribution in [0.5, 0.6) is 5.88 Å². The molecule has 2 heterocycles. The van der Waals surface area contributed by atoms with Crippen LogP contribution >= 0.6 is 0 Å². The third-order valence-electron chi connectivity index (χ3n) is 6.09. The Morgan fingerprint density at radius 2 is 2.10 bits per heavy atom. The molecule has 0 saturated heterocycles. The number of halogens is 2. The molecule has 2 aliphatic rings. The first-order valence-corrected chi connectivity index (χ1v) is 10.2. The fourth-order valence-electron chi connectivity index (χ4n) is 4.56. The number of benzene rings is 1. The highest BCUT2D eigenvalue weighted by atomic mass is 19.1. The van der Waals surface area contributed by atoms with E-state index in [1.807, 2.05) is 0 Å². The number of rotatable bonds is 6. The van der Waals surface area contributed by atoms with Gasteiger partial charge in [-0.3, -0.25) is 4.79 Å². The summed E-state index contributed by atoms with van der Waals surface area (Å²) < 4.78 is 40.2. The highest BCUT2D eigenvalue weighted by Crippen LogP contribution is 2.47. The molecule has 1 aromatic carbocycles. The van der Waals surface area contributed by atoms with Crippen molar-refractivity contribution in [1.29, 1.82) is 0 Å². The molecule has 7 nitrogen and oxygen atoms in total. The van der Waals surface area contributed by atoms with E-state index in [9.17, 15) is 13.6 Å². The van der Waals surface area contributed by atoms with E-state index in [0.29, 0.717) is 17.9 Å². The minimum Gasteiger partial charge on any atom is -0.480 e. The van der Waals surface area contributed by atoms with E-state index in [1.54, 1.807) is 0 Å². The lowest BCUT2D eigenvalue weighted by molar-refractivity contribution is -0.00110. The number of carbonyl (C=O) groups excluding carboxylic acids is 1. The number of amidine groups is 1. The van der Waals surface area contributed by atoms with Gasteiger partial charge in [0, 0.05) is 17.9 Å². The second-order valence-electron chi connectivity index (χ2n) is 7.91. The molecule has 2 aromatic rings. The standard InChI is InChI=1S/C22H24F2N4O3/c1-30-20-11-26-17(10-27-20)18(29)9-13-6-7-16(24)15(8-13)22(12-23)14-4-2-3-5-19(14)31-21(25)28-22/h6-8,10-11,14,19H,2-5,9,12H2,1H3,(H2,25,28)/t14-,19+,22-/m0/s1. The molecule has 31 heavy (non-hydrogen) atoms. The molecule has 0 radical (unpaired) electrons. The van der Waals surface area contributed by atoms with Gasteiger partial charge in [-0.05, 0) is 37.0 Å². The van der Waals surface area contributed by atoms with E-state index >= 15 is 0 Å². The molecule has 1 aliphatic heterocycles. The lowest BCUT2D eigenvalue weighted by atomic mass is 9.69. The third-order valence-corrected chi connectivity index (χ3v) is 6.09. The fourth-order valence-corrected chi connectivity index (χ4v) is 4.56. The summed E-state index contributed by atoms with van der Waals surface area (Å²) in [7, 11) is 1.45. The van der Waals surface area contributed by atoms with Gasteiger partial charge >= 0.3 is 0 Å². The van der Waals surface area contributed by atoms with Crippen molar-refractivity contribution in [2.75, 3.05) is 13.8 Å². The van der Waals surface area contributed by atoms with Crippen molar-refractivity contribution in [3.63, 3.8) is 0 Å². The maximum absolute atomic E-state index is 15.0. The number of Topliss-reactive ketones (excluding diaryl/α,β-unsaturated/α-hetero) is 1. The number of hydrogen-bond acceptors (Lipinski definition) is 7. The fraction of sp³-hybridized carbons (Fsp3) is 0.455. The molecule has 9 heteroatoms. The Kier molecular flexibility index (Phi) is 5.84. The van der Waals surface area contributed by atoms with Crippen molar-refractivity contribution in [1.82, 2.24) is 9.97 Å². The van der Waals surface area contributed by atoms with E-state index in [0.717, 1.165) is 19.3 Å². The van der Waals surface area contributed by atoms with Crippen LogP contribution < -0.4 is 10.5 Å². The predicted molar refractivity (Wildman–Crippen MR) is 109 cm³/mol. The summed E-state index contributed by atoms with van der Waals surface area (Å²) in [6, 6.07) is 4.13. The zero-order valence-corrected chi connectivity index (χ0v) is 17.2. The molecule has 164 valence electrons. The number of nitrogens with zero attached hydrogens (tertiary/aromatic N) is 3. The first-order valence-electron chi connectivity index (χ1n) is 10.2. The lowest BCUT2D eigenvalue weighted by Crippen LogP contribution is -2.52. The van der Waals surface area contributed by atoms with Gasteiger partial charge in [0.2, 0.25) is 5.88 Å². The number of aliphatic imine (C=N–C) groups is 1. The molecule has 0 bridgehead atoms. The monoisotopic (exact) mass is 430 g/mol. The van der Waals surface area contributed by atoms with Gasteiger partial charge in [-0.1, -0.05) is 12.5 Å². The predicted octanol–water partition coefficient (Wildman–Crippen LogP) is 3.12. The van der Waals surface area contributed by atoms with Gasteiger partial charge < -0.3 is 15.2 Å². The number of ketones is 1. The van der Waals surface area contributed by atoms with Gasteiger partial charge in [0.05, 0.1) is 19.5 Å². The number of ether oxygens (including phenoxy) is 2. The molecule has 2 N–H and O–H groups in total. The number of aromatic nitrogens is 2. The average molecular weight is 430 g/mol. The molecule has 1 aliphatic carbocycles. The minimum atomic E-state index is -1.46. The second kappa shape index (κ2) is 8.56. The van der Waals surface area contributed by atoms with Gasteiger partial charge in [0.25, 0.3) is 6.02 Å². The van der Waals surface area contributed by atoms with Crippen LogP contribution in [-0.2, 0) is 16.7 Å². The van der Waals surface area contributed by atoms with Crippen LogP contribution in [0.3, 0.4) is 0 Å². The molecule has 0 spiro atoms. The van der Waals surface area contributed by atoms with E-state index in [1.165, 1.54) is 37.7 Å². The molecule has 3 atom stereocenters. The first-order chi connectivity index (χ1) is 15.0. The summed E-state index contributed by atoms with van der Waals surface area (Å²) in [4.78, 5) is 24.9. The lowest BCUT2D eigenvalue weighted by Gasteiger charge is -2.45. The summed E-state index contributed by atoms with van der Waals surface area (Å²) in [5.74, 6) is -0.914. The van der Waals surface area contributed by atoms with Crippen LogP contribution in [0.4, 0.5) is 8.78 Å². The summed E-state index contributed by atoms with van der Waals surface area (Å²) >= 11 is 0. The Morgan fingerprint density at radius 1 is 1.29 bits per heavy atom. The molecule has 0 unspecified atom stereocenters. The minimum absolute atomic E-state index is 0.0412. The largest absolute Gasteiger partial charge is 0.480 e. The molecular weight excluding hydrogens is 406 g/mol. The van der Waals surface area contributed by atoms with Gasteiger partial charge in [-0.2, -0.15) is 0 Å². The average Bonchev–Trinajstić information content (AvgIpc) is 2.79. The van der Waals surface area contributed by atoms with Gasteiger partial charge in [-0.25, -0.2) is 23.7 Å². The number of methoxy groups -OCH3 is 1. The number of hydrogen-bond donors (Lipinski definition) is 1. The van der Waals surface area contributed by atoms with Gasteiger partial charge in [0.1, 0.15) is 29.8 Å². The van der Waals surface area contributed by atoms with Crippen LogP contribution in [0, 0.1) is 11.7 Å². The maximum Gasteiger partial charge on any atom is 0.283 e. The molecular formula is C22H24F2N4O3. The Balaban J connectivity index is 1.67. The van der Waals surface area contributed by atoms with Crippen molar-refractivity contribution >= 4 is 11.8 Å². The number of fused-ring (bicyclic) bond motifs is 1. The summed E-state index contributed by atoms with van der Waals surface area (Å²) in [6.45, 7) is -0.906. The maximum atomic E-state index is 15.0. The van der Waals surface area contributed by atoms with Gasteiger partial charge in [-0.15, -0.1) is 0 Å².